The number of aromatic nitrogens is 6. The van der Waals surface area contributed by atoms with Crippen molar-refractivity contribution < 1.29 is 67.0 Å². The molecule has 536 valence electrons. The molecule has 0 fully saturated rings. The van der Waals surface area contributed by atoms with Gasteiger partial charge in [0.05, 0.1) is 38.8 Å². The Kier molecular flexibility index (Phi) is 31.6. The molecule has 34 heteroatoms. The predicted molar refractivity (Wildman–Crippen MR) is 375 cm³/mol. The number of rotatable bonds is 20. The summed E-state index contributed by atoms with van der Waals surface area (Å²) >= 11 is 21.7. The highest BCUT2D eigenvalue weighted by Gasteiger charge is 2.25. The molecule has 0 spiro atoms. The maximum atomic E-state index is 14.4. The van der Waals surface area contributed by atoms with Crippen LogP contribution in [-0.4, -0.2) is 170 Å². The molecular weight excluding hydrogens is 1460 g/mol. The number of carbonyl (C=O) groups is 3. The van der Waals surface area contributed by atoms with Gasteiger partial charge in [0.2, 0.25) is 30.1 Å². The number of amides is 3. The van der Waals surface area contributed by atoms with E-state index in [4.69, 9.17) is 49.0 Å². The van der Waals surface area contributed by atoms with Gasteiger partial charge in [0, 0.05) is 90.0 Å². The van der Waals surface area contributed by atoms with Crippen LogP contribution in [0.2, 0.25) is 15.5 Å². The number of carbonyl (C=O) groups excluding carboxylic acids is 3. The maximum Gasteiger partial charge on any atom is 0.407 e. The van der Waals surface area contributed by atoms with Crippen molar-refractivity contribution in [3.05, 3.63) is 141 Å². The highest BCUT2D eigenvalue weighted by molar-refractivity contribution is 9.09. The van der Waals surface area contributed by atoms with Crippen LogP contribution in [0.5, 0.6) is 0 Å². The van der Waals surface area contributed by atoms with Gasteiger partial charge < -0.3 is 30.2 Å². The first kappa shape index (κ1) is 84.4. The molecule has 0 radical (unpaired) electrons. The number of allylic oxidation sites excluding steroid dienone is 3. The molecule has 0 aliphatic rings. The summed E-state index contributed by atoms with van der Waals surface area (Å²) in [7, 11) is -1.91. The molecule has 0 bridgehead atoms. The molecule has 24 nitrogen and oxygen atoms in total. The lowest BCUT2D eigenvalue weighted by atomic mass is 10.1. The minimum Gasteiger partial charge on any atom is -0.444 e. The summed E-state index contributed by atoms with van der Waals surface area (Å²) in [5, 5.41) is 23.2. The summed E-state index contributed by atoms with van der Waals surface area (Å²) in [5.74, 6) is -1.40. The number of nitrogens with one attached hydrogen (secondary N) is 4. The van der Waals surface area contributed by atoms with Crippen LogP contribution >= 0.6 is 50.7 Å². The van der Waals surface area contributed by atoms with Gasteiger partial charge in [0.1, 0.15) is 39.4 Å². The lowest BCUT2D eigenvalue weighted by Crippen LogP contribution is -2.32. The smallest absolute Gasteiger partial charge is 0.407 e. The number of benzene rings is 3. The van der Waals surface area contributed by atoms with Crippen molar-refractivity contribution in [1.82, 2.24) is 58.6 Å². The first-order valence-corrected chi connectivity index (χ1v) is 36.0. The normalized spacial score (nSPS) is 12.6. The minimum atomic E-state index is -3.63. The summed E-state index contributed by atoms with van der Waals surface area (Å²) in [5.41, 5.74) is 3.65. The average molecular weight is 1540 g/mol. The monoisotopic (exact) mass is 1540 g/mol. The Bertz CT molecular complexity index is 3960. The van der Waals surface area contributed by atoms with E-state index in [0.29, 0.717) is 38.8 Å². The van der Waals surface area contributed by atoms with Crippen LogP contribution in [0, 0.1) is 20.8 Å². The van der Waals surface area contributed by atoms with Gasteiger partial charge in [-0.2, -0.15) is 15.3 Å². The molecule has 3 aromatic carbocycles. The SMILES string of the molecule is CC(C)(C)OC(=O)NC/C=C(\F)CBr.Cc1[nH]nc(Cl)c1-c1cccc(S(=O)(=O)N(C)C)c1.Cc1c(-c2cccc(S(=O)(=O)N(C)C)c2)c(Cl)nn1C/C(F)=C/CNC(=O)OC(C)(C)C.Cc1nn(C/C(F)=C/CNC(=O)OC(C)(C)C)c(Cl)c1-c1cccc(S(=O)(=O)N(C)C)c1. The Balaban J connectivity index is 0.000000354. The van der Waals surface area contributed by atoms with Gasteiger partial charge in [-0.25, -0.2) is 70.4 Å². The van der Waals surface area contributed by atoms with Crippen molar-refractivity contribution in [2.45, 2.75) is 128 Å². The van der Waals surface area contributed by atoms with Crippen LogP contribution in [0.25, 0.3) is 33.4 Å². The minimum absolute atomic E-state index is 0.0495. The van der Waals surface area contributed by atoms with Crippen LogP contribution in [0.4, 0.5) is 27.6 Å². The first-order chi connectivity index (χ1) is 44.6. The van der Waals surface area contributed by atoms with Gasteiger partial charge in [-0.05, 0) is 154 Å². The third-order valence-corrected chi connectivity index (χ3v) is 19.4. The third-order valence-electron chi connectivity index (χ3n) is 12.5. The summed E-state index contributed by atoms with van der Waals surface area (Å²) in [6.07, 6.45) is 1.85. The molecule has 0 aliphatic heterocycles. The number of hydrogen-bond acceptors (Lipinski definition) is 15. The second kappa shape index (κ2) is 36.3. The van der Waals surface area contributed by atoms with Crippen molar-refractivity contribution in [3.8, 4) is 33.4 Å². The fourth-order valence-electron chi connectivity index (χ4n) is 7.93. The van der Waals surface area contributed by atoms with Gasteiger partial charge in [-0.1, -0.05) is 87.1 Å². The van der Waals surface area contributed by atoms with Gasteiger partial charge in [0.15, 0.2) is 10.3 Å². The Morgan fingerprint density at radius 1 is 0.536 bits per heavy atom. The molecular formula is C63H85BrCl3F3N12O12S3. The van der Waals surface area contributed by atoms with Crippen molar-refractivity contribution in [1.29, 1.82) is 0 Å². The van der Waals surface area contributed by atoms with Crippen LogP contribution in [0.15, 0.2) is 123 Å². The number of halogens is 7. The van der Waals surface area contributed by atoms with E-state index in [1.165, 1.54) is 98.4 Å². The van der Waals surface area contributed by atoms with E-state index in [9.17, 15) is 52.8 Å². The molecule has 6 aromatic rings. The van der Waals surface area contributed by atoms with E-state index in [2.05, 4.69) is 52.3 Å². The van der Waals surface area contributed by atoms with E-state index < -0.39 is 76.8 Å². The number of sulfonamides is 3. The molecule has 3 amide bonds. The molecule has 0 unspecified atom stereocenters. The van der Waals surface area contributed by atoms with Crippen LogP contribution in [0.3, 0.4) is 0 Å². The summed E-state index contributed by atoms with van der Waals surface area (Å²) in [6.45, 7) is 20.5. The van der Waals surface area contributed by atoms with E-state index >= 15 is 0 Å². The summed E-state index contributed by atoms with van der Waals surface area (Å²) in [4.78, 5) is 34.7. The zero-order chi connectivity index (χ0) is 73.9. The summed E-state index contributed by atoms with van der Waals surface area (Å²) in [6, 6.07) is 19.3. The number of ether oxygens (including phenoxy) is 3. The number of nitrogens with zero attached hydrogens (tertiary/aromatic N) is 8. The fourth-order valence-corrected chi connectivity index (χ4v) is 12.0. The molecule has 0 saturated carbocycles. The standard InChI is InChI=1S/2C21H28ClFN4O4S.C12H14ClN3O2S.C9H15BrFNO2/c1-14-18(15-8-7-9-17(12-15)32(29,30)26(5)6)19(22)25-27(14)13-16(23)10-11-24-20(28)31-21(2,3)4;1-14-18(15-8-7-9-17(12-15)32(29,30)26(5)6)19(22)27(25-14)13-16(23)10-11-24-20(28)31-21(2,3)4;1-8-11(12(13)15-14-8)9-5-4-6-10(7-9)19(17,18)16(2)3;1-9(2,3)14-8(13)12-5-4-7(11)6-10/h2*7-10,12H,11,13H2,1-6H3,(H,24,28);4-7H,1-3H3,(H,14,15);4H,5-6H2,1-3H3,(H,12,13)/b2*16-10-;;7-4-. The Hall–Kier alpha value is -6.81. The van der Waals surface area contributed by atoms with Crippen LogP contribution < -0.4 is 16.0 Å². The largest absolute Gasteiger partial charge is 0.444 e. The first-order valence-electron chi connectivity index (χ1n) is 29.4. The number of alkyl halides is 1. The van der Waals surface area contributed by atoms with E-state index in [-0.39, 0.29) is 68.9 Å². The molecule has 3 aromatic heterocycles. The molecule has 3 heterocycles. The number of aryl methyl sites for hydroxylation is 2. The predicted octanol–water partition coefficient (Wildman–Crippen LogP) is 13.3. The highest BCUT2D eigenvalue weighted by Crippen LogP contribution is 2.36. The van der Waals surface area contributed by atoms with Crippen molar-refractivity contribution in [3.63, 3.8) is 0 Å². The maximum absolute atomic E-state index is 14.4. The number of alkyl carbamates (subject to hydrolysis) is 3. The fraction of sp³-hybridized carbons (Fsp3) is 0.429. The quantitative estimate of drug-likeness (QED) is 0.0408. The number of H-pyrrole nitrogens is 1. The average Bonchev–Trinajstić information content (AvgIpc) is 1.71. The Morgan fingerprint density at radius 2 is 0.876 bits per heavy atom. The van der Waals surface area contributed by atoms with Crippen molar-refractivity contribution in [2.24, 2.45) is 0 Å². The molecule has 0 atom stereocenters. The van der Waals surface area contributed by atoms with E-state index in [1.54, 1.807) is 125 Å². The molecule has 6 rings (SSSR count). The van der Waals surface area contributed by atoms with E-state index in [0.717, 1.165) is 25.4 Å². The molecule has 4 N–H and O–H groups in total. The van der Waals surface area contributed by atoms with Crippen LogP contribution in [0.1, 0.15) is 79.4 Å². The van der Waals surface area contributed by atoms with Gasteiger partial charge in [-0.3, -0.25) is 9.78 Å². The highest BCUT2D eigenvalue weighted by atomic mass is 79.9. The van der Waals surface area contributed by atoms with E-state index in [1.807, 2.05) is 6.92 Å². The lowest BCUT2D eigenvalue weighted by Gasteiger charge is -2.19. The summed E-state index contributed by atoms with van der Waals surface area (Å²) < 4.78 is 136. The lowest BCUT2D eigenvalue weighted by molar-refractivity contribution is 0.0522. The number of hydrogen-bond donors (Lipinski definition) is 4. The molecule has 0 aliphatic carbocycles. The number of aromatic amines is 1. The Morgan fingerprint density at radius 3 is 1.21 bits per heavy atom. The third kappa shape index (κ3) is 26.8. The topological polar surface area (TPSA) is 291 Å². The van der Waals surface area contributed by atoms with Gasteiger partial charge in [-0.15, -0.1) is 0 Å². The van der Waals surface area contributed by atoms with Crippen molar-refractivity contribution >= 4 is 99.1 Å². The van der Waals surface area contributed by atoms with Crippen LogP contribution in [-0.2, 0) is 57.4 Å². The van der Waals surface area contributed by atoms with Crippen molar-refractivity contribution in [2.75, 3.05) is 67.3 Å². The van der Waals surface area contributed by atoms with Gasteiger partial charge >= 0.3 is 18.3 Å². The van der Waals surface area contributed by atoms with Gasteiger partial charge in [0.25, 0.3) is 0 Å². The second-order valence-electron chi connectivity index (χ2n) is 24.5. The molecule has 0 saturated heterocycles. The zero-order valence-corrected chi connectivity index (χ0v) is 63.6. The zero-order valence-electron chi connectivity index (χ0n) is 57.3. The Labute approximate surface area is 590 Å². The second-order valence-corrected chi connectivity index (χ2v) is 32.6. The molecule has 97 heavy (non-hydrogen) atoms.